The maximum absolute atomic E-state index is 13.0. The van der Waals surface area contributed by atoms with E-state index in [-0.39, 0.29) is 17.7 Å². The topological polar surface area (TPSA) is 104 Å². The average Bonchev–Trinajstić information content (AvgIpc) is 3.47. The number of aromatic nitrogens is 4. The molecule has 3 aromatic rings. The Kier molecular flexibility index (Phi) is 11.6. The van der Waals surface area contributed by atoms with Gasteiger partial charge in [-0.15, -0.1) is 10.2 Å². The van der Waals surface area contributed by atoms with Crippen molar-refractivity contribution in [2.24, 2.45) is 5.92 Å². The van der Waals surface area contributed by atoms with Gasteiger partial charge in [-0.05, 0) is 34.7 Å². The zero-order chi connectivity index (χ0) is 26.5. The number of carbonyl (C=O) groups excluding carboxylic acids is 2. The predicted molar refractivity (Wildman–Crippen MR) is 150 cm³/mol. The van der Waals surface area contributed by atoms with Crippen LogP contribution in [0.5, 0.6) is 0 Å². The number of aromatic amines is 1. The number of amides is 2. The molecule has 0 aliphatic heterocycles. The number of hydrogen-bond donors (Lipinski definition) is 3. The van der Waals surface area contributed by atoms with E-state index in [1.54, 1.807) is 0 Å². The van der Waals surface area contributed by atoms with Crippen LogP contribution in [0.2, 0.25) is 0 Å². The van der Waals surface area contributed by atoms with E-state index in [1.807, 2.05) is 41.3 Å². The first-order valence-electron chi connectivity index (χ1n) is 13.2. The Labute approximate surface area is 225 Å². The Morgan fingerprint density at radius 3 is 2.41 bits per heavy atom. The zero-order valence-electron chi connectivity index (χ0n) is 21.8. The highest BCUT2D eigenvalue weighted by Crippen LogP contribution is 2.29. The largest absolute Gasteiger partial charge is 0.354 e. The molecule has 198 valence electrons. The molecular formula is C28H38N6O2S. The fraction of sp³-hybridized carbons (Fsp3) is 0.464. The van der Waals surface area contributed by atoms with Gasteiger partial charge in [0.15, 0.2) is 0 Å². The molecule has 37 heavy (non-hydrogen) atoms. The van der Waals surface area contributed by atoms with Gasteiger partial charge in [-0.1, -0.05) is 81.6 Å². The number of benzene rings is 2. The number of thiol groups is 1. The van der Waals surface area contributed by atoms with Crippen LogP contribution in [0.3, 0.4) is 0 Å². The predicted octanol–water partition coefficient (Wildman–Crippen LogP) is 4.90. The van der Waals surface area contributed by atoms with E-state index in [1.165, 1.54) is 0 Å². The number of H-pyrrole nitrogens is 1. The molecule has 1 aromatic heterocycles. The van der Waals surface area contributed by atoms with E-state index < -0.39 is 0 Å². The molecule has 9 heteroatoms. The van der Waals surface area contributed by atoms with Crippen LogP contribution in [-0.2, 0) is 16.1 Å². The van der Waals surface area contributed by atoms with Crippen molar-refractivity contribution >= 4 is 24.4 Å². The molecule has 0 aliphatic carbocycles. The van der Waals surface area contributed by atoms with Gasteiger partial charge in [0.25, 0.3) is 0 Å². The van der Waals surface area contributed by atoms with Gasteiger partial charge >= 0.3 is 0 Å². The third-order valence-electron chi connectivity index (χ3n) is 6.43. The second-order valence-electron chi connectivity index (χ2n) is 9.21. The second kappa shape index (κ2) is 15.1. The molecule has 1 heterocycles. The molecule has 3 rings (SSSR count). The highest BCUT2D eigenvalue weighted by Gasteiger charge is 2.18. The number of unbranched alkanes of at least 4 members (excludes halogenated alkanes) is 2. The summed E-state index contributed by atoms with van der Waals surface area (Å²) in [6.45, 7) is 5.60. The molecule has 0 aliphatic rings. The maximum Gasteiger partial charge on any atom is 0.223 e. The smallest absolute Gasteiger partial charge is 0.223 e. The zero-order valence-corrected chi connectivity index (χ0v) is 22.7. The van der Waals surface area contributed by atoms with E-state index in [9.17, 15) is 9.59 Å². The number of carbonyl (C=O) groups is 2. The Bertz CT molecular complexity index is 1100. The minimum absolute atomic E-state index is 0.0222. The number of nitrogens with zero attached hydrogens (tertiary/aromatic N) is 4. The molecule has 2 aromatic carbocycles. The Hall–Kier alpha value is -3.20. The summed E-state index contributed by atoms with van der Waals surface area (Å²) in [6.07, 6.45) is 5.23. The molecule has 0 spiro atoms. The summed E-state index contributed by atoms with van der Waals surface area (Å²) >= 11 is 4.35. The summed E-state index contributed by atoms with van der Waals surface area (Å²) in [5.41, 5.74) is 3.98. The van der Waals surface area contributed by atoms with Gasteiger partial charge < -0.3 is 10.2 Å². The molecule has 0 radical (unpaired) electrons. The van der Waals surface area contributed by atoms with E-state index in [4.69, 9.17) is 0 Å². The van der Waals surface area contributed by atoms with Crippen LogP contribution in [0.25, 0.3) is 22.5 Å². The lowest BCUT2D eigenvalue weighted by molar-refractivity contribution is -0.132. The minimum atomic E-state index is -0.0876. The summed E-state index contributed by atoms with van der Waals surface area (Å²) in [5.74, 6) is 1.13. The summed E-state index contributed by atoms with van der Waals surface area (Å²) in [7, 11) is 0. The van der Waals surface area contributed by atoms with Crippen molar-refractivity contribution in [3.8, 4) is 22.5 Å². The lowest BCUT2D eigenvalue weighted by atomic mass is 9.98. The monoisotopic (exact) mass is 522 g/mol. The SMILES string of the molecule is CCCCC(=O)N(CCNC(=O)C(CS)CCCC)Cc1ccc(-c2ccccc2-c2nn[nH]n2)cc1. The van der Waals surface area contributed by atoms with E-state index in [0.29, 0.717) is 37.6 Å². The second-order valence-corrected chi connectivity index (χ2v) is 9.57. The fourth-order valence-corrected chi connectivity index (χ4v) is 4.56. The maximum atomic E-state index is 13.0. The molecule has 8 nitrogen and oxygen atoms in total. The summed E-state index contributed by atoms with van der Waals surface area (Å²) < 4.78 is 0. The van der Waals surface area contributed by atoms with E-state index in [2.05, 4.69) is 64.5 Å². The van der Waals surface area contributed by atoms with Gasteiger partial charge in [-0.3, -0.25) is 9.59 Å². The summed E-state index contributed by atoms with van der Waals surface area (Å²) in [6, 6.07) is 16.1. The molecule has 1 atom stereocenters. The van der Waals surface area contributed by atoms with Crippen molar-refractivity contribution in [2.75, 3.05) is 18.8 Å². The highest BCUT2D eigenvalue weighted by molar-refractivity contribution is 7.80. The molecular weight excluding hydrogens is 484 g/mol. The number of hydrogen-bond acceptors (Lipinski definition) is 6. The standard InChI is InChI=1S/C28H38N6O2S/c1-3-5-9-23(20-37)28(36)29-17-18-34(26(35)12-6-4-2)19-21-13-15-22(16-14-21)24-10-7-8-11-25(24)27-30-32-33-31-27/h7-8,10-11,13-16,23,37H,3-6,9,12,17-20H2,1-2H3,(H,29,36)(H,30,31,32,33). The van der Waals surface area contributed by atoms with Gasteiger partial charge in [0.2, 0.25) is 17.6 Å². The van der Waals surface area contributed by atoms with Crippen LogP contribution in [0.4, 0.5) is 0 Å². The lowest BCUT2D eigenvalue weighted by Gasteiger charge is -2.24. The molecule has 2 amide bonds. The Morgan fingerprint density at radius 2 is 1.76 bits per heavy atom. The van der Waals surface area contributed by atoms with Gasteiger partial charge in [-0.2, -0.15) is 17.8 Å². The lowest BCUT2D eigenvalue weighted by Crippen LogP contribution is -2.40. The quantitative estimate of drug-likeness (QED) is 0.246. The van der Waals surface area contributed by atoms with Crippen LogP contribution < -0.4 is 5.32 Å². The van der Waals surface area contributed by atoms with Crippen LogP contribution in [0.1, 0.15) is 57.9 Å². The van der Waals surface area contributed by atoms with Crippen molar-refractivity contribution < 1.29 is 9.59 Å². The summed E-state index contributed by atoms with van der Waals surface area (Å²) in [5, 5.41) is 17.4. The first-order valence-corrected chi connectivity index (χ1v) is 13.8. The Morgan fingerprint density at radius 1 is 1.03 bits per heavy atom. The van der Waals surface area contributed by atoms with E-state index >= 15 is 0 Å². The normalized spacial score (nSPS) is 11.8. The van der Waals surface area contributed by atoms with Crippen molar-refractivity contribution in [1.82, 2.24) is 30.8 Å². The molecule has 0 saturated carbocycles. The molecule has 0 bridgehead atoms. The first-order chi connectivity index (χ1) is 18.1. The van der Waals surface area contributed by atoms with Crippen molar-refractivity contribution in [3.63, 3.8) is 0 Å². The molecule has 0 saturated heterocycles. The van der Waals surface area contributed by atoms with Crippen LogP contribution >= 0.6 is 12.6 Å². The summed E-state index contributed by atoms with van der Waals surface area (Å²) in [4.78, 5) is 27.4. The van der Waals surface area contributed by atoms with Gasteiger partial charge in [0, 0.05) is 43.3 Å². The van der Waals surface area contributed by atoms with Crippen LogP contribution in [0, 0.1) is 5.92 Å². The first kappa shape index (κ1) is 28.4. The average molecular weight is 523 g/mol. The van der Waals surface area contributed by atoms with Gasteiger partial charge in [0.1, 0.15) is 0 Å². The van der Waals surface area contributed by atoms with Crippen molar-refractivity contribution in [3.05, 3.63) is 54.1 Å². The van der Waals surface area contributed by atoms with E-state index in [0.717, 1.165) is 54.4 Å². The highest BCUT2D eigenvalue weighted by atomic mass is 32.1. The van der Waals surface area contributed by atoms with Crippen molar-refractivity contribution in [1.29, 1.82) is 0 Å². The molecule has 0 fully saturated rings. The molecule has 1 unspecified atom stereocenters. The number of nitrogens with one attached hydrogen (secondary N) is 2. The third-order valence-corrected chi connectivity index (χ3v) is 6.87. The van der Waals surface area contributed by atoms with Crippen LogP contribution in [-0.4, -0.2) is 56.2 Å². The van der Waals surface area contributed by atoms with Crippen molar-refractivity contribution in [2.45, 2.75) is 58.9 Å². The third kappa shape index (κ3) is 8.42. The minimum Gasteiger partial charge on any atom is -0.354 e. The Balaban J connectivity index is 1.67. The van der Waals surface area contributed by atoms with Gasteiger partial charge in [-0.25, -0.2) is 0 Å². The van der Waals surface area contributed by atoms with Crippen LogP contribution in [0.15, 0.2) is 48.5 Å². The number of rotatable bonds is 15. The number of tetrazole rings is 1. The fourth-order valence-electron chi connectivity index (χ4n) is 4.21. The van der Waals surface area contributed by atoms with Gasteiger partial charge in [0.05, 0.1) is 0 Å². The molecule has 2 N–H and O–H groups in total.